The van der Waals surface area contributed by atoms with E-state index in [4.69, 9.17) is 5.26 Å². The number of nitriles is 1. The van der Waals surface area contributed by atoms with Crippen molar-refractivity contribution < 1.29 is 16.8 Å². The Hall–Kier alpha value is -1.54. The molecule has 0 bridgehead atoms. The van der Waals surface area contributed by atoms with Crippen LogP contribution in [0.3, 0.4) is 0 Å². The summed E-state index contributed by atoms with van der Waals surface area (Å²) < 4.78 is 49.4. The van der Waals surface area contributed by atoms with Crippen LogP contribution in [0.2, 0.25) is 0 Å². The van der Waals surface area contributed by atoms with E-state index in [2.05, 4.69) is 14.4 Å². The Morgan fingerprint density at radius 1 is 1.21 bits per heavy atom. The molecule has 0 aliphatic carbocycles. The highest BCUT2D eigenvalue weighted by molar-refractivity contribution is 7.89. The van der Waals surface area contributed by atoms with Crippen molar-refractivity contribution in [1.29, 1.82) is 5.26 Å². The summed E-state index contributed by atoms with van der Waals surface area (Å²) in [5.41, 5.74) is 0.109. The molecule has 10 heteroatoms. The van der Waals surface area contributed by atoms with Crippen LogP contribution in [-0.2, 0) is 20.0 Å². The number of nitrogens with zero attached hydrogens (tertiary/aromatic N) is 2. The van der Waals surface area contributed by atoms with E-state index in [-0.39, 0.29) is 23.7 Å². The number of sulfonamides is 2. The predicted molar refractivity (Wildman–Crippen MR) is 67.0 cm³/mol. The molecule has 0 radical (unpaired) electrons. The van der Waals surface area contributed by atoms with Crippen molar-refractivity contribution in [2.24, 2.45) is 0 Å². The van der Waals surface area contributed by atoms with Gasteiger partial charge in [-0.2, -0.15) is 5.26 Å². The normalized spacial score (nSPS) is 12.0. The minimum Gasteiger partial charge on any atom is -0.244 e. The Balaban J connectivity index is 2.63. The van der Waals surface area contributed by atoms with E-state index in [1.165, 1.54) is 12.1 Å². The molecule has 0 unspecified atom stereocenters. The Morgan fingerprint density at radius 3 is 2.32 bits per heavy atom. The number of nitrogens with one attached hydrogen (secondary N) is 2. The van der Waals surface area contributed by atoms with Crippen molar-refractivity contribution in [2.45, 2.75) is 4.90 Å². The van der Waals surface area contributed by atoms with E-state index in [1.54, 1.807) is 6.07 Å². The van der Waals surface area contributed by atoms with Gasteiger partial charge in [-0.3, -0.25) is 0 Å². The van der Waals surface area contributed by atoms with Gasteiger partial charge in [0, 0.05) is 19.3 Å². The molecule has 0 spiro atoms. The van der Waals surface area contributed by atoms with Crippen LogP contribution < -0.4 is 9.44 Å². The highest BCUT2D eigenvalue weighted by Gasteiger charge is 2.14. The minimum absolute atomic E-state index is 0.0538. The van der Waals surface area contributed by atoms with E-state index in [9.17, 15) is 16.8 Å². The topological polar surface area (TPSA) is 129 Å². The van der Waals surface area contributed by atoms with Gasteiger partial charge in [0.05, 0.1) is 6.26 Å². The van der Waals surface area contributed by atoms with Gasteiger partial charge in [-0.05, 0) is 12.1 Å². The van der Waals surface area contributed by atoms with Gasteiger partial charge >= 0.3 is 0 Å². The standard InChI is InChI=1S/C9H12N4O4S2/c1-18(14,15)12-4-5-13-19(16,17)9-3-2-8(6-10)11-7-9/h2-3,7,12-13H,4-5H2,1H3. The van der Waals surface area contributed by atoms with Crippen molar-refractivity contribution >= 4 is 20.0 Å². The first-order valence-corrected chi connectivity index (χ1v) is 8.42. The first-order valence-electron chi connectivity index (χ1n) is 5.05. The van der Waals surface area contributed by atoms with Crippen LogP contribution in [0.25, 0.3) is 0 Å². The van der Waals surface area contributed by atoms with Gasteiger partial charge in [-0.15, -0.1) is 0 Å². The smallest absolute Gasteiger partial charge is 0.242 e. The van der Waals surface area contributed by atoms with Crippen molar-refractivity contribution in [3.63, 3.8) is 0 Å². The molecule has 1 aromatic heterocycles. The summed E-state index contributed by atoms with van der Waals surface area (Å²) in [7, 11) is -7.11. The summed E-state index contributed by atoms with van der Waals surface area (Å²) in [5.74, 6) is 0. The van der Waals surface area contributed by atoms with Crippen LogP contribution in [0.5, 0.6) is 0 Å². The largest absolute Gasteiger partial charge is 0.244 e. The summed E-state index contributed by atoms with van der Waals surface area (Å²) in [6.07, 6.45) is 2.04. The summed E-state index contributed by atoms with van der Waals surface area (Å²) in [4.78, 5) is 3.55. The molecule has 0 aliphatic rings. The fraction of sp³-hybridized carbons (Fsp3) is 0.333. The molecule has 0 atom stereocenters. The fourth-order valence-electron chi connectivity index (χ4n) is 1.11. The first-order chi connectivity index (χ1) is 8.74. The molecule has 19 heavy (non-hydrogen) atoms. The first kappa shape index (κ1) is 15.5. The van der Waals surface area contributed by atoms with Gasteiger partial charge in [0.1, 0.15) is 16.7 Å². The van der Waals surface area contributed by atoms with E-state index < -0.39 is 20.0 Å². The van der Waals surface area contributed by atoms with E-state index in [0.29, 0.717) is 0 Å². The van der Waals surface area contributed by atoms with Crippen LogP contribution in [0, 0.1) is 11.3 Å². The maximum Gasteiger partial charge on any atom is 0.242 e. The number of hydrogen-bond acceptors (Lipinski definition) is 6. The SMILES string of the molecule is CS(=O)(=O)NCCNS(=O)(=O)c1ccc(C#N)nc1. The third kappa shape index (κ3) is 5.31. The average molecular weight is 304 g/mol. The van der Waals surface area contributed by atoms with E-state index in [0.717, 1.165) is 12.5 Å². The van der Waals surface area contributed by atoms with Crippen molar-refractivity contribution in [1.82, 2.24) is 14.4 Å². The van der Waals surface area contributed by atoms with Gasteiger partial charge in [-0.1, -0.05) is 0 Å². The van der Waals surface area contributed by atoms with Crippen LogP contribution >= 0.6 is 0 Å². The van der Waals surface area contributed by atoms with Gasteiger partial charge in [0.15, 0.2) is 0 Å². The molecular weight excluding hydrogens is 292 g/mol. The molecule has 0 amide bonds. The Kier molecular flexibility index (Phi) is 4.96. The van der Waals surface area contributed by atoms with Crippen molar-refractivity contribution in [3.05, 3.63) is 24.0 Å². The molecule has 0 aromatic carbocycles. The Bertz CT molecular complexity index is 674. The molecule has 2 N–H and O–H groups in total. The molecule has 104 valence electrons. The van der Waals surface area contributed by atoms with E-state index in [1.807, 2.05) is 0 Å². The fourth-order valence-corrected chi connectivity index (χ4v) is 2.56. The van der Waals surface area contributed by atoms with Gasteiger partial charge in [0.25, 0.3) is 0 Å². The molecular formula is C9H12N4O4S2. The molecule has 1 heterocycles. The molecule has 8 nitrogen and oxygen atoms in total. The van der Waals surface area contributed by atoms with Gasteiger partial charge in [-0.25, -0.2) is 31.3 Å². The Labute approximate surface area is 111 Å². The van der Waals surface area contributed by atoms with Crippen LogP contribution in [-0.4, -0.2) is 41.2 Å². The lowest BCUT2D eigenvalue weighted by Gasteiger charge is -2.06. The summed E-state index contributed by atoms with van der Waals surface area (Å²) in [6.45, 7) is -0.142. The summed E-state index contributed by atoms with van der Waals surface area (Å²) in [6, 6.07) is 4.30. The second-order valence-corrected chi connectivity index (χ2v) is 7.16. The molecule has 0 saturated carbocycles. The third-order valence-corrected chi connectivity index (χ3v) is 4.12. The number of aromatic nitrogens is 1. The maximum atomic E-state index is 11.7. The molecule has 0 fully saturated rings. The zero-order chi connectivity index (χ0) is 14.5. The van der Waals surface area contributed by atoms with E-state index >= 15 is 0 Å². The maximum absolute atomic E-state index is 11.7. The van der Waals surface area contributed by atoms with Crippen molar-refractivity contribution in [2.75, 3.05) is 19.3 Å². The molecule has 0 aliphatic heterocycles. The second kappa shape index (κ2) is 6.07. The molecule has 1 rings (SSSR count). The summed E-state index contributed by atoms with van der Waals surface area (Å²) in [5, 5.41) is 8.54. The van der Waals surface area contributed by atoms with Crippen LogP contribution in [0.1, 0.15) is 5.69 Å². The second-order valence-electron chi connectivity index (χ2n) is 3.56. The minimum atomic E-state index is -3.76. The van der Waals surface area contributed by atoms with Crippen LogP contribution in [0.15, 0.2) is 23.2 Å². The summed E-state index contributed by atoms with van der Waals surface area (Å²) >= 11 is 0. The average Bonchev–Trinajstić information content (AvgIpc) is 2.34. The number of rotatable bonds is 6. The third-order valence-electron chi connectivity index (χ3n) is 1.94. The lowest BCUT2D eigenvalue weighted by atomic mass is 10.4. The lowest BCUT2D eigenvalue weighted by Crippen LogP contribution is -2.34. The number of pyridine rings is 1. The zero-order valence-electron chi connectivity index (χ0n) is 9.99. The van der Waals surface area contributed by atoms with Crippen molar-refractivity contribution in [3.8, 4) is 6.07 Å². The monoisotopic (exact) mass is 304 g/mol. The quantitative estimate of drug-likeness (QED) is 0.634. The highest BCUT2D eigenvalue weighted by atomic mass is 32.2. The van der Waals surface area contributed by atoms with Gasteiger partial charge in [0.2, 0.25) is 20.0 Å². The predicted octanol–water partition coefficient (Wildman–Crippen LogP) is -1.22. The Morgan fingerprint density at radius 2 is 1.84 bits per heavy atom. The zero-order valence-corrected chi connectivity index (χ0v) is 11.6. The number of hydrogen-bond donors (Lipinski definition) is 2. The molecule has 0 saturated heterocycles. The molecule has 1 aromatic rings. The lowest BCUT2D eigenvalue weighted by molar-refractivity contribution is 0.573. The highest BCUT2D eigenvalue weighted by Crippen LogP contribution is 2.06. The van der Waals surface area contributed by atoms with Gasteiger partial charge < -0.3 is 0 Å². The van der Waals surface area contributed by atoms with Crippen LogP contribution in [0.4, 0.5) is 0 Å².